The van der Waals surface area contributed by atoms with E-state index in [1.54, 1.807) is 6.33 Å². The predicted octanol–water partition coefficient (Wildman–Crippen LogP) is 2.72. The van der Waals surface area contributed by atoms with Crippen molar-refractivity contribution in [2.45, 2.75) is 43.9 Å². The molecule has 3 nitrogen and oxygen atoms in total. The molecule has 84 valence electrons. The molecule has 3 atom stereocenters. The Morgan fingerprint density at radius 2 is 2.33 bits per heavy atom. The molecule has 2 rings (SSSR count). The molecule has 0 bridgehead atoms. The first-order chi connectivity index (χ1) is 7.22. The minimum atomic E-state index is 0.314. The molecule has 0 radical (unpaired) electrons. The van der Waals surface area contributed by atoms with E-state index in [-0.39, 0.29) is 0 Å². The summed E-state index contributed by atoms with van der Waals surface area (Å²) in [5.74, 6) is 2.33. The summed E-state index contributed by atoms with van der Waals surface area (Å²) in [6.45, 7) is 2.25. The molecular formula is C11H18ClN3. The molecule has 0 aromatic carbocycles. The smallest absolute Gasteiger partial charge is 0.135 e. The predicted molar refractivity (Wildman–Crippen MR) is 61.0 cm³/mol. The summed E-state index contributed by atoms with van der Waals surface area (Å²) < 4.78 is 2.03. The van der Waals surface area contributed by atoms with Crippen LogP contribution in [0.4, 0.5) is 0 Å². The number of hydrogen-bond donors (Lipinski definition) is 0. The zero-order valence-electron chi connectivity index (χ0n) is 9.36. The summed E-state index contributed by atoms with van der Waals surface area (Å²) in [5.41, 5.74) is 0. The fraction of sp³-hybridized carbons (Fsp3) is 0.818. The molecule has 1 saturated carbocycles. The van der Waals surface area contributed by atoms with Crippen molar-refractivity contribution in [2.24, 2.45) is 13.0 Å². The second-order valence-electron chi connectivity index (χ2n) is 4.49. The number of aryl methyl sites for hydroxylation is 1. The van der Waals surface area contributed by atoms with Gasteiger partial charge in [0, 0.05) is 18.3 Å². The number of rotatable bonds is 2. The first-order valence-electron chi connectivity index (χ1n) is 5.70. The lowest BCUT2D eigenvalue weighted by Crippen LogP contribution is -2.25. The zero-order chi connectivity index (χ0) is 10.8. The van der Waals surface area contributed by atoms with Crippen molar-refractivity contribution in [3.05, 3.63) is 12.2 Å². The highest BCUT2D eigenvalue weighted by molar-refractivity contribution is 6.20. The van der Waals surface area contributed by atoms with Gasteiger partial charge in [-0.3, -0.25) is 0 Å². The van der Waals surface area contributed by atoms with Crippen LogP contribution in [0.5, 0.6) is 0 Å². The zero-order valence-corrected chi connectivity index (χ0v) is 10.1. The van der Waals surface area contributed by atoms with Crippen molar-refractivity contribution < 1.29 is 0 Å². The minimum absolute atomic E-state index is 0.314. The molecule has 1 heterocycles. The molecular weight excluding hydrogens is 210 g/mol. The Kier molecular flexibility index (Phi) is 3.29. The first-order valence-corrected chi connectivity index (χ1v) is 6.14. The Morgan fingerprint density at radius 1 is 1.53 bits per heavy atom. The van der Waals surface area contributed by atoms with Crippen LogP contribution >= 0.6 is 11.6 Å². The highest BCUT2D eigenvalue weighted by atomic mass is 35.5. The topological polar surface area (TPSA) is 30.7 Å². The normalized spacial score (nSPS) is 31.8. The molecule has 4 heteroatoms. The number of aromatic nitrogens is 3. The van der Waals surface area contributed by atoms with Gasteiger partial charge in [0.05, 0.1) is 0 Å². The fourth-order valence-corrected chi connectivity index (χ4v) is 2.93. The van der Waals surface area contributed by atoms with E-state index in [0.29, 0.717) is 11.3 Å². The van der Waals surface area contributed by atoms with Crippen LogP contribution in [0.15, 0.2) is 6.33 Å². The average molecular weight is 228 g/mol. The summed E-state index contributed by atoms with van der Waals surface area (Å²) in [7, 11) is 2.01. The van der Waals surface area contributed by atoms with Crippen LogP contribution in [0.25, 0.3) is 0 Å². The second-order valence-corrected chi connectivity index (χ2v) is 5.10. The number of hydrogen-bond acceptors (Lipinski definition) is 2. The van der Waals surface area contributed by atoms with Crippen LogP contribution in [-0.2, 0) is 7.05 Å². The van der Waals surface area contributed by atoms with E-state index >= 15 is 0 Å². The molecule has 0 spiro atoms. The van der Waals surface area contributed by atoms with Crippen molar-refractivity contribution >= 4 is 11.6 Å². The van der Waals surface area contributed by atoms with E-state index < -0.39 is 0 Å². The van der Waals surface area contributed by atoms with Gasteiger partial charge in [-0.15, -0.1) is 21.8 Å². The van der Waals surface area contributed by atoms with Gasteiger partial charge in [0.1, 0.15) is 12.2 Å². The van der Waals surface area contributed by atoms with E-state index in [1.165, 1.54) is 12.8 Å². The molecule has 0 aliphatic heterocycles. The van der Waals surface area contributed by atoms with Gasteiger partial charge in [-0.05, 0) is 25.2 Å². The first kappa shape index (κ1) is 10.9. The van der Waals surface area contributed by atoms with Crippen LogP contribution in [0.3, 0.4) is 0 Å². The van der Waals surface area contributed by atoms with Gasteiger partial charge in [0.15, 0.2) is 0 Å². The molecule has 1 aliphatic rings. The van der Waals surface area contributed by atoms with Gasteiger partial charge in [-0.1, -0.05) is 13.3 Å². The van der Waals surface area contributed by atoms with Crippen molar-refractivity contribution in [2.75, 3.05) is 0 Å². The Labute approximate surface area is 95.8 Å². The summed E-state index contributed by atoms with van der Waals surface area (Å²) in [6, 6.07) is 0. The standard InChI is InChI=1S/C11H18ClN3/c1-3-8-4-5-9(12)6-10(8)11-14-13-7-15(11)2/h7-10H,3-6H2,1-2H3. The molecule has 1 aromatic rings. The third kappa shape index (κ3) is 2.17. The van der Waals surface area contributed by atoms with Crippen molar-refractivity contribution in [3.63, 3.8) is 0 Å². The Hall–Kier alpha value is -0.570. The number of halogens is 1. The number of nitrogens with zero attached hydrogens (tertiary/aromatic N) is 3. The highest BCUT2D eigenvalue weighted by Crippen LogP contribution is 2.40. The van der Waals surface area contributed by atoms with E-state index in [2.05, 4.69) is 17.1 Å². The van der Waals surface area contributed by atoms with Crippen LogP contribution in [0, 0.1) is 5.92 Å². The van der Waals surface area contributed by atoms with Crippen molar-refractivity contribution in [1.82, 2.24) is 14.8 Å². The Morgan fingerprint density at radius 3 is 2.93 bits per heavy atom. The molecule has 1 aromatic heterocycles. The number of alkyl halides is 1. The van der Waals surface area contributed by atoms with Crippen LogP contribution < -0.4 is 0 Å². The van der Waals surface area contributed by atoms with Crippen LogP contribution in [0.2, 0.25) is 0 Å². The molecule has 3 unspecified atom stereocenters. The van der Waals surface area contributed by atoms with Crippen LogP contribution in [-0.4, -0.2) is 20.1 Å². The van der Waals surface area contributed by atoms with Crippen molar-refractivity contribution in [1.29, 1.82) is 0 Å². The summed E-state index contributed by atoms with van der Waals surface area (Å²) >= 11 is 6.25. The fourth-order valence-electron chi connectivity index (χ4n) is 2.61. The van der Waals surface area contributed by atoms with Gasteiger partial charge in [-0.25, -0.2) is 0 Å². The summed E-state index contributed by atoms with van der Waals surface area (Å²) in [4.78, 5) is 0. The third-order valence-electron chi connectivity index (χ3n) is 3.53. The minimum Gasteiger partial charge on any atom is -0.320 e. The van der Waals surface area contributed by atoms with Gasteiger partial charge in [0.25, 0.3) is 0 Å². The Bertz CT molecular complexity index is 323. The largest absolute Gasteiger partial charge is 0.320 e. The molecule has 0 saturated heterocycles. The maximum atomic E-state index is 6.25. The van der Waals surface area contributed by atoms with E-state index in [9.17, 15) is 0 Å². The van der Waals surface area contributed by atoms with Crippen molar-refractivity contribution in [3.8, 4) is 0 Å². The third-order valence-corrected chi connectivity index (χ3v) is 3.93. The summed E-state index contributed by atoms with van der Waals surface area (Å²) in [5, 5.41) is 8.50. The van der Waals surface area contributed by atoms with Gasteiger partial charge >= 0.3 is 0 Å². The SMILES string of the molecule is CCC1CCC(Cl)CC1c1nncn1C. The van der Waals surface area contributed by atoms with E-state index in [4.69, 9.17) is 11.6 Å². The van der Waals surface area contributed by atoms with E-state index in [1.807, 2.05) is 11.6 Å². The lowest BCUT2D eigenvalue weighted by Gasteiger charge is -2.32. The van der Waals surface area contributed by atoms with Gasteiger partial charge < -0.3 is 4.57 Å². The van der Waals surface area contributed by atoms with Gasteiger partial charge in [-0.2, -0.15) is 0 Å². The summed E-state index contributed by atoms with van der Waals surface area (Å²) in [6.07, 6.45) is 6.41. The lowest BCUT2D eigenvalue weighted by molar-refractivity contribution is 0.289. The monoisotopic (exact) mass is 227 g/mol. The van der Waals surface area contributed by atoms with Crippen LogP contribution in [0.1, 0.15) is 44.3 Å². The lowest BCUT2D eigenvalue weighted by atomic mass is 9.77. The van der Waals surface area contributed by atoms with E-state index in [0.717, 1.165) is 24.6 Å². The molecule has 1 aliphatic carbocycles. The quantitative estimate of drug-likeness (QED) is 0.728. The maximum Gasteiger partial charge on any atom is 0.135 e. The molecule has 15 heavy (non-hydrogen) atoms. The maximum absolute atomic E-state index is 6.25. The molecule has 0 amide bonds. The van der Waals surface area contributed by atoms with Gasteiger partial charge in [0.2, 0.25) is 0 Å². The Balaban J connectivity index is 2.20. The molecule has 1 fully saturated rings. The second kappa shape index (κ2) is 4.52. The molecule has 0 N–H and O–H groups in total. The highest BCUT2D eigenvalue weighted by Gasteiger charge is 2.32. The average Bonchev–Trinajstić information content (AvgIpc) is 2.64.